The molecule has 4 rings (SSSR count). The summed E-state index contributed by atoms with van der Waals surface area (Å²) in [6, 6.07) is 12.7. The third-order valence-electron chi connectivity index (χ3n) is 6.71. The lowest BCUT2D eigenvalue weighted by atomic mass is 10.1. The molecule has 0 bridgehead atoms. The van der Waals surface area contributed by atoms with E-state index in [0.29, 0.717) is 12.8 Å². The summed E-state index contributed by atoms with van der Waals surface area (Å²) in [6.07, 6.45) is 1.23. The van der Waals surface area contributed by atoms with Gasteiger partial charge in [-0.3, -0.25) is 0 Å². The molecule has 4 aromatic carbocycles. The number of rotatable bonds is 10. The lowest BCUT2D eigenvalue weighted by Gasteiger charge is -2.13. The second-order valence-electron chi connectivity index (χ2n) is 10.1. The maximum absolute atomic E-state index is 14.6. The van der Waals surface area contributed by atoms with Crippen molar-refractivity contribution in [2.45, 2.75) is 26.7 Å². The van der Waals surface area contributed by atoms with Gasteiger partial charge in [-0.15, -0.1) is 0 Å². The fraction of sp³-hybridized carbons (Fsp3) is 0.222. The number of hydrogen-bond acceptors (Lipinski definition) is 4. The van der Waals surface area contributed by atoms with E-state index in [9.17, 15) is 31.4 Å². The van der Waals surface area contributed by atoms with Crippen LogP contribution in [0.1, 0.15) is 48.9 Å². The van der Waals surface area contributed by atoms with Gasteiger partial charge in [0.2, 0.25) is 11.6 Å². The molecule has 0 saturated heterocycles. The van der Waals surface area contributed by atoms with Crippen LogP contribution in [0.5, 0.6) is 23.0 Å². The highest BCUT2D eigenvalue weighted by molar-refractivity contribution is 5.48. The second-order valence-corrected chi connectivity index (χ2v) is 10.1. The molecular weight excluding hydrogens is 610 g/mol. The van der Waals surface area contributed by atoms with Gasteiger partial charge in [-0.05, 0) is 74.2 Å². The summed E-state index contributed by atoms with van der Waals surface area (Å²) in [7, 11) is 0. The van der Waals surface area contributed by atoms with E-state index in [2.05, 4.69) is 23.7 Å². The molecule has 1 N–H and O–H groups in total. The van der Waals surface area contributed by atoms with Crippen LogP contribution in [0.4, 0.5) is 26.3 Å². The Labute approximate surface area is 262 Å². The van der Waals surface area contributed by atoms with E-state index in [-0.39, 0.29) is 65.2 Å². The number of ether oxygens (including phenoxy) is 3. The Morgan fingerprint density at radius 3 is 1.54 bits per heavy atom. The van der Waals surface area contributed by atoms with E-state index in [1.54, 1.807) is 6.92 Å². The predicted molar refractivity (Wildman–Crippen MR) is 160 cm³/mol. The van der Waals surface area contributed by atoms with E-state index in [4.69, 9.17) is 14.2 Å². The molecule has 0 aliphatic heterocycles. The van der Waals surface area contributed by atoms with Crippen LogP contribution in [0.2, 0.25) is 0 Å². The van der Waals surface area contributed by atoms with Crippen LogP contribution in [0, 0.1) is 64.5 Å². The Morgan fingerprint density at radius 2 is 1.04 bits per heavy atom. The largest absolute Gasteiger partial charge is 0.505 e. The van der Waals surface area contributed by atoms with Gasteiger partial charge in [0, 0.05) is 12.1 Å². The highest BCUT2D eigenvalue weighted by atomic mass is 19.2. The minimum atomic E-state index is -1.43. The average molecular weight is 639 g/mol. The summed E-state index contributed by atoms with van der Waals surface area (Å²) in [5.41, 5.74) is -0.602. The topological polar surface area (TPSA) is 47.9 Å². The van der Waals surface area contributed by atoms with Gasteiger partial charge in [0.1, 0.15) is 23.1 Å². The van der Waals surface area contributed by atoms with Gasteiger partial charge in [0.25, 0.3) is 0 Å². The first kappa shape index (κ1) is 33.7. The molecule has 0 aromatic heterocycles. The summed E-state index contributed by atoms with van der Waals surface area (Å²) < 4.78 is 101. The minimum absolute atomic E-state index is 0.00954. The van der Waals surface area contributed by atoms with Crippen LogP contribution in [-0.2, 0) is 0 Å². The Kier molecular flexibility index (Phi) is 11.5. The molecule has 0 spiro atoms. The zero-order valence-corrected chi connectivity index (χ0v) is 24.8. The quantitative estimate of drug-likeness (QED) is 0.140. The fourth-order valence-electron chi connectivity index (χ4n) is 4.07. The lowest BCUT2D eigenvalue weighted by Crippen LogP contribution is -2.09. The third kappa shape index (κ3) is 8.70. The molecule has 0 aliphatic rings. The molecule has 0 heterocycles. The van der Waals surface area contributed by atoms with Crippen LogP contribution in [0.3, 0.4) is 0 Å². The number of benzene rings is 4. The first-order valence-corrected chi connectivity index (χ1v) is 14.2. The molecule has 0 radical (unpaired) electrons. The van der Waals surface area contributed by atoms with Crippen molar-refractivity contribution in [1.29, 1.82) is 0 Å². The lowest BCUT2D eigenvalue weighted by molar-refractivity contribution is 0.244. The van der Waals surface area contributed by atoms with E-state index >= 15 is 0 Å². The molecule has 4 nitrogen and oxygen atoms in total. The minimum Gasteiger partial charge on any atom is -0.505 e. The number of aromatic hydroxyl groups is 1. The van der Waals surface area contributed by atoms with Gasteiger partial charge in [-0.1, -0.05) is 30.6 Å². The van der Waals surface area contributed by atoms with Crippen molar-refractivity contribution in [2.24, 2.45) is 5.92 Å². The normalized spacial score (nSPS) is 11.1. The maximum Gasteiger partial charge on any atom is 0.201 e. The zero-order chi connectivity index (χ0) is 33.2. The first-order valence-electron chi connectivity index (χ1n) is 14.2. The molecule has 0 saturated carbocycles. The van der Waals surface area contributed by atoms with E-state index in [0.717, 1.165) is 24.3 Å². The highest BCUT2D eigenvalue weighted by Gasteiger charge is 2.14. The van der Waals surface area contributed by atoms with Crippen molar-refractivity contribution in [3.63, 3.8) is 0 Å². The van der Waals surface area contributed by atoms with Crippen LogP contribution in [-0.4, -0.2) is 24.9 Å². The third-order valence-corrected chi connectivity index (χ3v) is 6.71. The van der Waals surface area contributed by atoms with Gasteiger partial charge < -0.3 is 19.3 Å². The van der Waals surface area contributed by atoms with Crippen molar-refractivity contribution < 1.29 is 45.7 Å². The molecule has 0 fully saturated rings. The van der Waals surface area contributed by atoms with Crippen molar-refractivity contribution in [3.05, 3.63) is 118 Å². The molecule has 0 amide bonds. The number of hydrogen-bond donors (Lipinski definition) is 1. The summed E-state index contributed by atoms with van der Waals surface area (Å²) in [5, 5.41) is 9.19. The van der Waals surface area contributed by atoms with E-state index < -0.39 is 40.7 Å². The van der Waals surface area contributed by atoms with E-state index in [1.165, 1.54) is 36.4 Å². The smallest absolute Gasteiger partial charge is 0.201 e. The van der Waals surface area contributed by atoms with Crippen LogP contribution in [0.25, 0.3) is 0 Å². The van der Waals surface area contributed by atoms with Crippen molar-refractivity contribution in [1.82, 2.24) is 0 Å². The molecule has 1 unspecified atom stereocenters. The van der Waals surface area contributed by atoms with Crippen LogP contribution >= 0.6 is 0 Å². The Bertz CT molecular complexity index is 1830. The number of phenolic OH excluding ortho intramolecular Hbond substituents is 1. The highest BCUT2D eigenvalue weighted by Crippen LogP contribution is 2.24. The van der Waals surface area contributed by atoms with Gasteiger partial charge in [-0.2, -0.15) is 8.78 Å². The fourth-order valence-corrected chi connectivity index (χ4v) is 4.07. The molecule has 1 atom stereocenters. The molecule has 4 aromatic rings. The summed E-state index contributed by atoms with van der Waals surface area (Å²) >= 11 is 0. The van der Waals surface area contributed by atoms with Gasteiger partial charge in [0.05, 0.1) is 42.1 Å². The molecular formula is C36H28F6O4. The zero-order valence-electron chi connectivity index (χ0n) is 24.8. The summed E-state index contributed by atoms with van der Waals surface area (Å²) in [6.45, 7) is 4.36. The van der Waals surface area contributed by atoms with Crippen molar-refractivity contribution in [2.75, 3.05) is 19.8 Å². The molecule has 238 valence electrons. The monoisotopic (exact) mass is 638 g/mol. The Morgan fingerprint density at radius 1 is 0.587 bits per heavy atom. The van der Waals surface area contributed by atoms with Crippen molar-refractivity contribution in [3.8, 4) is 46.7 Å². The Balaban J connectivity index is 1.23. The SMILES string of the molecule is CCOc1ccc(C#Cc2ccc(OCCC(C)CCOc3ccc(C#Cc4ccc(O)c(F)c4F)c(F)c3)cc2F)c(F)c1F. The number of halogens is 6. The standard InChI is InChI=1S/C36H28F6O4/c1-3-44-32-15-11-26(34(40)36(32)42)7-5-24-9-13-28(21-30(24)38)46-19-17-22(2)16-18-45-27-12-8-23(29(37)20-27)4-6-25-10-14-31(43)35(41)33(25)39/h8-15,20-22,43H,3,16-19H2,1-2H3. The van der Waals surface area contributed by atoms with Crippen LogP contribution < -0.4 is 14.2 Å². The predicted octanol–water partition coefficient (Wildman–Crippen LogP) is 8.30. The average Bonchev–Trinajstić information content (AvgIpc) is 3.03. The molecule has 10 heteroatoms. The van der Waals surface area contributed by atoms with Crippen LogP contribution in [0.15, 0.2) is 60.7 Å². The summed E-state index contributed by atoms with van der Waals surface area (Å²) in [5.74, 6) is 2.91. The first-order chi connectivity index (χ1) is 22.1. The van der Waals surface area contributed by atoms with Gasteiger partial charge in [0.15, 0.2) is 23.1 Å². The van der Waals surface area contributed by atoms with Gasteiger partial charge in [-0.25, -0.2) is 17.6 Å². The number of phenols is 1. The van der Waals surface area contributed by atoms with Gasteiger partial charge >= 0.3 is 0 Å². The maximum atomic E-state index is 14.6. The Hall–Kier alpha value is -5.22. The molecule has 46 heavy (non-hydrogen) atoms. The molecule has 0 aliphatic carbocycles. The van der Waals surface area contributed by atoms with E-state index in [1.807, 2.05) is 6.92 Å². The second kappa shape index (κ2) is 15.7. The van der Waals surface area contributed by atoms with Crippen molar-refractivity contribution >= 4 is 0 Å². The summed E-state index contributed by atoms with van der Waals surface area (Å²) in [4.78, 5) is 0.